The summed E-state index contributed by atoms with van der Waals surface area (Å²) in [4.78, 5) is 24.0. The van der Waals surface area contributed by atoms with Crippen molar-refractivity contribution < 1.29 is 19.8 Å². The third-order valence-electron chi connectivity index (χ3n) is 1.58. The Bertz CT molecular complexity index is 320. The average molecular weight is 198 g/mol. The van der Waals surface area contributed by atoms with Crippen LogP contribution in [0.25, 0.3) is 0 Å². The van der Waals surface area contributed by atoms with E-state index in [2.05, 4.69) is 10.3 Å². The normalized spacial score (nSPS) is 12.1. The Labute approximate surface area is 79.6 Å². The first-order chi connectivity index (χ1) is 6.61. The largest absolute Gasteiger partial charge is 0.479 e. The molecule has 0 fully saturated rings. The maximum absolute atomic E-state index is 11.2. The highest BCUT2D eigenvalue weighted by molar-refractivity contribution is 5.92. The second-order valence-electron chi connectivity index (χ2n) is 2.65. The molecule has 0 bridgehead atoms. The number of aliphatic hydroxyl groups excluding tert-OH is 1. The van der Waals surface area contributed by atoms with Gasteiger partial charge in [-0.25, -0.2) is 4.79 Å². The molecule has 1 heterocycles. The number of carbonyl (C=O) groups excluding carboxylic acids is 1. The summed E-state index contributed by atoms with van der Waals surface area (Å²) < 4.78 is 0. The molecule has 0 saturated carbocycles. The number of amides is 1. The molecule has 1 rings (SSSR count). The first-order valence-corrected chi connectivity index (χ1v) is 3.93. The van der Waals surface area contributed by atoms with E-state index < -0.39 is 18.0 Å². The maximum atomic E-state index is 11.2. The molecular formula is C8H10N2O4. The Balaban J connectivity index is 2.40. The number of hydrogen-bond acceptors (Lipinski definition) is 3. The fraction of sp³-hybridized carbons (Fsp3) is 0.250. The van der Waals surface area contributed by atoms with Crippen LogP contribution in [-0.2, 0) is 4.79 Å². The van der Waals surface area contributed by atoms with Crippen LogP contribution in [0.1, 0.15) is 10.5 Å². The standard InChI is InChI=1S/C8H10N2O4/c11-6(8(13)14)4-10-7(12)5-2-1-3-9-5/h1-3,6,9,11H,4H2,(H,10,12)(H,13,14)/t6-/m0/s1. The summed E-state index contributed by atoms with van der Waals surface area (Å²) >= 11 is 0. The molecule has 4 N–H and O–H groups in total. The molecule has 0 spiro atoms. The third kappa shape index (κ3) is 2.60. The zero-order chi connectivity index (χ0) is 10.6. The van der Waals surface area contributed by atoms with Crippen molar-refractivity contribution in [1.29, 1.82) is 0 Å². The lowest BCUT2D eigenvalue weighted by Crippen LogP contribution is -2.36. The molecule has 0 aliphatic rings. The van der Waals surface area contributed by atoms with E-state index in [0.29, 0.717) is 5.69 Å². The number of aliphatic carboxylic acids is 1. The van der Waals surface area contributed by atoms with Gasteiger partial charge in [0.05, 0.1) is 6.54 Å². The van der Waals surface area contributed by atoms with Gasteiger partial charge in [0.1, 0.15) is 5.69 Å². The van der Waals surface area contributed by atoms with Gasteiger partial charge in [-0.3, -0.25) is 4.79 Å². The maximum Gasteiger partial charge on any atom is 0.334 e. The van der Waals surface area contributed by atoms with Crippen LogP contribution >= 0.6 is 0 Å². The zero-order valence-electron chi connectivity index (χ0n) is 7.23. The molecule has 14 heavy (non-hydrogen) atoms. The number of carboxylic acids is 1. The lowest BCUT2D eigenvalue weighted by atomic mass is 10.3. The SMILES string of the molecule is O=C(NC[C@H](O)C(=O)O)c1ccc[nH]1. The first kappa shape index (κ1) is 10.3. The number of hydrogen-bond donors (Lipinski definition) is 4. The van der Waals surface area contributed by atoms with Gasteiger partial charge in [0.25, 0.3) is 5.91 Å². The van der Waals surface area contributed by atoms with Crippen molar-refractivity contribution in [3.05, 3.63) is 24.0 Å². The fourth-order valence-electron chi connectivity index (χ4n) is 0.843. The van der Waals surface area contributed by atoms with Crippen molar-refractivity contribution in [2.45, 2.75) is 6.10 Å². The number of rotatable bonds is 4. The molecule has 1 amide bonds. The molecule has 1 aromatic heterocycles. The summed E-state index contributed by atoms with van der Waals surface area (Å²) in [6.45, 7) is -0.312. The molecule has 6 heteroatoms. The minimum Gasteiger partial charge on any atom is -0.479 e. The monoisotopic (exact) mass is 198 g/mol. The summed E-state index contributed by atoms with van der Waals surface area (Å²) in [6, 6.07) is 3.19. The Hall–Kier alpha value is -1.82. The highest BCUT2D eigenvalue weighted by Gasteiger charge is 2.14. The molecule has 6 nitrogen and oxygen atoms in total. The lowest BCUT2D eigenvalue weighted by molar-refractivity contribution is -0.146. The van der Waals surface area contributed by atoms with Gasteiger partial charge in [0.2, 0.25) is 0 Å². The molecule has 0 radical (unpaired) electrons. The molecule has 0 unspecified atom stereocenters. The van der Waals surface area contributed by atoms with Gasteiger partial charge in [0, 0.05) is 6.20 Å². The Morgan fingerprint density at radius 2 is 2.29 bits per heavy atom. The van der Waals surface area contributed by atoms with E-state index in [-0.39, 0.29) is 6.54 Å². The van der Waals surface area contributed by atoms with Gasteiger partial charge in [-0.1, -0.05) is 0 Å². The minimum atomic E-state index is -1.58. The van der Waals surface area contributed by atoms with Crippen LogP contribution in [0.5, 0.6) is 0 Å². The van der Waals surface area contributed by atoms with Gasteiger partial charge in [0.15, 0.2) is 6.10 Å². The summed E-state index contributed by atoms with van der Waals surface area (Å²) in [5.74, 6) is -1.81. The van der Waals surface area contributed by atoms with Crippen LogP contribution in [-0.4, -0.2) is 39.7 Å². The summed E-state index contributed by atoms with van der Waals surface area (Å²) in [5, 5.41) is 19.4. The number of aliphatic hydroxyl groups is 1. The van der Waals surface area contributed by atoms with Crippen LogP contribution in [0.15, 0.2) is 18.3 Å². The van der Waals surface area contributed by atoms with Crippen molar-refractivity contribution in [3.63, 3.8) is 0 Å². The van der Waals surface area contributed by atoms with E-state index in [1.165, 1.54) is 0 Å². The molecule has 1 atom stereocenters. The molecule has 0 aromatic carbocycles. The van der Waals surface area contributed by atoms with Crippen molar-refractivity contribution in [1.82, 2.24) is 10.3 Å². The van der Waals surface area contributed by atoms with Crippen molar-refractivity contribution in [2.75, 3.05) is 6.54 Å². The predicted molar refractivity (Wildman–Crippen MR) is 46.8 cm³/mol. The quantitative estimate of drug-likeness (QED) is 0.508. The van der Waals surface area contributed by atoms with Crippen molar-refractivity contribution in [3.8, 4) is 0 Å². The Morgan fingerprint density at radius 3 is 2.79 bits per heavy atom. The van der Waals surface area contributed by atoms with Crippen LogP contribution in [0.2, 0.25) is 0 Å². The zero-order valence-corrected chi connectivity index (χ0v) is 7.23. The fourth-order valence-corrected chi connectivity index (χ4v) is 0.843. The summed E-state index contributed by atoms with van der Waals surface area (Å²) in [7, 11) is 0. The van der Waals surface area contributed by atoms with Gasteiger partial charge in [-0.2, -0.15) is 0 Å². The summed E-state index contributed by atoms with van der Waals surface area (Å²) in [5.41, 5.74) is 0.322. The van der Waals surface area contributed by atoms with Gasteiger partial charge in [-0.05, 0) is 12.1 Å². The summed E-state index contributed by atoms with van der Waals surface area (Å²) in [6.07, 6.45) is -0.00312. The number of aromatic nitrogens is 1. The number of H-pyrrole nitrogens is 1. The highest BCUT2D eigenvalue weighted by Crippen LogP contribution is 1.93. The van der Waals surface area contributed by atoms with Gasteiger partial charge >= 0.3 is 5.97 Å². The Kier molecular flexibility index (Phi) is 3.24. The van der Waals surface area contributed by atoms with Crippen molar-refractivity contribution >= 4 is 11.9 Å². The molecule has 76 valence electrons. The highest BCUT2D eigenvalue weighted by atomic mass is 16.4. The minimum absolute atomic E-state index is 0.312. The predicted octanol–water partition coefficient (Wildman–Crippen LogP) is -0.810. The lowest BCUT2D eigenvalue weighted by Gasteiger charge is -2.06. The van der Waals surface area contributed by atoms with E-state index in [0.717, 1.165) is 0 Å². The number of carbonyl (C=O) groups is 2. The van der Waals surface area contributed by atoms with E-state index in [1.807, 2.05) is 0 Å². The van der Waals surface area contributed by atoms with Crippen LogP contribution in [0.3, 0.4) is 0 Å². The number of nitrogens with one attached hydrogen (secondary N) is 2. The smallest absolute Gasteiger partial charge is 0.334 e. The molecule has 1 aromatic rings. The molecule has 0 aliphatic carbocycles. The third-order valence-corrected chi connectivity index (χ3v) is 1.58. The first-order valence-electron chi connectivity index (χ1n) is 3.93. The van der Waals surface area contributed by atoms with Crippen LogP contribution < -0.4 is 5.32 Å². The van der Waals surface area contributed by atoms with E-state index in [9.17, 15) is 9.59 Å². The average Bonchev–Trinajstić information content (AvgIpc) is 2.66. The second kappa shape index (κ2) is 4.43. The Morgan fingerprint density at radius 1 is 1.57 bits per heavy atom. The van der Waals surface area contributed by atoms with E-state index in [4.69, 9.17) is 10.2 Å². The molecule has 0 saturated heterocycles. The van der Waals surface area contributed by atoms with Crippen molar-refractivity contribution in [2.24, 2.45) is 0 Å². The van der Waals surface area contributed by atoms with Gasteiger partial charge in [-0.15, -0.1) is 0 Å². The molecular weight excluding hydrogens is 188 g/mol. The molecule has 0 aliphatic heterocycles. The van der Waals surface area contributed by atoms with Crippen LogP contribution in [0.4, 0.5) is 0 Å². The van der Waals surface area contributed by atoms with E-state index >= 15 is 0 Å². The number of carboxylic acid groups (broad SMARTS) is 1. The van der Waals surface area contributed by atoms with E-state index in [1.54, 1.807) is 18.3 Å². The van der Waals surface area contributed by atoms with Gasteiger partial charge < -0.3 is 20.5 Å². The number of aromatic amines is 1. The van der Waals surface area contributed by atoms with Crippen LogP contribution in [0, 0.1) is 0 Å². The topological polar surface area (TPSA) is 102 Å². The second-order valence-corrected chi connectivity index (χ2v) is 2.65.